The summed E-state index contributed by atoms with van der Waals surface area (Å²) < 4.78 is 0. The first-order valence-corrected chi connectivity index (χ1v) is 3.68. The highest BCUT2D eigenvalue weighted by Crippen LogP contribution is 1.96. The molecule has 0 spiro atoms. The quantitative estimate of drug-likeness (QED) is 0.555. The number of primary amides is 1. The minimum absolute atomic E-state index is 0.176. The third-order valence-corrected chi connectivity index (χ3v) is 1.36. The van der Waals surface area contributed by atoms with E-state index in [1.165, 1.54) is 0 Å². The van der Waals surface area contributed by atoms with Crippen molar-refractivity contribution in [3.05, 3.63) is 17.5 Å². The van der Waals surface area contributed by atoms with E-state index in [1.807, 2.05) is 0 Å². The second-order valence-corrected chi connectivity index (χ2v) is 2.59. The largest absolute Gasteiger partial charge is 0.368 e. The molecule has 0 aromatic carbocycles. The number of aromatic nitrogens is 2. The highest BCUT2D eigenvalue weighted by atomic mass is 16.2. The Morgan fingerprint density at radius 2 is 2.38 bits per heavy atom. The molecule has 1 heterocycles. The summed E-state index contributed by atoms with van der Waals surface area (Å²) in [6.07, 6.45) is 0. The van der Waals surface area contributed by atoms with E-state index in [0.717, 1.165) is 5.69 Å². The van der Waals surface area contributed by atoms with Crippen LogP contribution >= 0.6 is 0 Å². The molecule has 0 saturated carbocycles. The van der Waals surface area contributed by atoms with Gasteiger partial charge in [0.05, 0.1) is 6.54 Å². The fourth-order valence-electron chi connectivity index (χ4n) is 0.792. The maximum Gasteiger partial charge on any atom is 0.272 e. The van der Waals surface area contributed by atoms with Gasteiger partial charge in [0.2, 0.25) is 5.91 Å². The van der Waals surface area contributed by atoms with Crippen LogP contribution in [-0.2, 0) is 4.79 Å². The van der Waals surface area contributed by atoms with Crippen molar-refractivity contribution in [2.45, 2.75) is 6.92 Å². The van der Waals surface area contributed by atoms with Gasteiger partial charge < -0.3 is 11.1 Å². The molecule has 0 radical (unpaired) electrons. The van der Waals surface area contributed by atoms with Gasteiger partial charge in [0, 0.05) is 5.69 Å². The SMILES string of the molecule is Cc1cc(C(=O)NCC(N)=O)n[nH]1. The number of aromatic amines is 1. The van der Waals surface area contributed by atoms with E-state index in [1.54, 1.807) is 13.0 Å². The number of hydrogen-bond acceptors (Lipinski definition) is 3. The number of carbonyl (C=O) groups is 2. The lowest BCUT2D eigenvalue weighted by Crippen LogP contribution is -2.33. The second-order valence-electron chi connectivity index (χ2n) is 2.59. The Bertz CT molecular complexity index is 331. The number of carbonyl (C=O) groups excluding carboxylic acids is 2. The molecule has 0 saturated heterocycles. The molecule has 1 rings (SSSR count). The third kappa shape index (κ3) is 2.58. The van der Waals surface area contributed by atoms with Crippen molar-refractivity contribution in [3.8, 4) is 0 Å². The van der Waals surface area contributed by atoms with Gasteiger partial charge in [0.1, 0.15) is 5.69 Å². The van der Waals surface area contributed by atoms with Crippen molar-refractivity contribution in [2.24, 2.45) is 5.73 Å². The molecule has 0 unspecified atom stereocenters. The van der Waals surface area contributed by atoms with Gasteiger partial charge in [0.25, 0.3) is 5.91 Å². The summed E-state index contributed by atoms with van der Waals surface area (Å²) in [4.78, 5) is 21.5. The Balaban J connectivity index is 2.54. The highest BCUT2D eigenvalue weighted by Gasteiger charge is 2.08. The number of nitrogens with two attached hydrogens (primary N) is 1. The lowest BCUT2D eigenvalue weighted by atomic mass is 10.3. The number of rotatable bonds is 3. The smallest absolute Gasteiger partial charge is 0.272 e. The maximum absolute atomic E-state index is 11.2. The molecule has 13 heavy (non-hydrogen) atoms. The molecule has 0 atom stereocenters. The van der Waals surface area contributed by atoms with Crippen LogP contribution in [0.1, 0.15) is 16.2 Å². The molecule has 2 amide bonds. The van der Waals surface area contributed by atoms with Crippen LogP contribution in [0.5, 0.6) is 0 Å². The van der Waals surface area contributed by atoms with Crippen molar-refractivity contribution in [1.29, 1.82) is 0 Å². The van der Waals surface area contributed by atoms with Gasteiger partial charge in [-0.15, -0.1) is 0 Å². The fourth-order valence-corrected chi connectivity index (χ4v) is 0.792. The Morgan fingerprint density at radius 3 is 2.85 bits per heavy atom. The van der Waals surface area contributed by atoms with Gasteiger partial charge >= 0.3 is 0 Å². The van der Waals surface area contributed by atoms with Gasteiger partial charge in [-0.2, -0.15) is 5.10 Å². The minimum atomic E-state index is -0.583. The Labute approximate surface area is 74.5 Å². The van der Waals surface area contributed by atoms with E-state index in [-0.39, 0.29) is 12.2 Å². The van der Waals surface area contributed by atoms with E-state index in [4.69, 9.17) is 5.73 Å². The van der Waals surface area contributed by atoms with E-state index in [9.17, 15) is 9.59 Å². The van der Waals surface area contributed by atoms with E-state index >= 15 is 0 Å². The van der Waals surface area contributed by atoms with Crippen LogP contribution in [0.15, 0.2) is 6.07 Å². The van der Waals surface area contributed by atoms with Crippen molar-refractivity contribution in [3.63, 3.8) is 0 Å². The van der Waals surface area contributed by atoms with Gasteiger partial charge in [0.15, 0.2) is 0 Å². The van der Waals surface area contributed by atoms with E-state index in [2.05, 4.69) is 15.5 Å². The number of nitrogens with one attached hydrogen (secondary N) is 2. The fraction of sp³-hybridized carbons (Fsp3) is 0.286. The molecule has 1 aromatic heterocycles. The molecule has 70 valence electrons. The van der Waals surface area contributed by atoms with Crippen LogP contribution in [0.4, 0.5) is 0 Å². The summed E-state index contributed by atoms with van der Waals surface area (Å²) in [5.41, 5.74) is 5.87. The lowest BCUT2D eigenvalue weighted by Gasteiger charge is -1.97. The van der Waals surface area contributed by atoms with Crippen LogP contribution in [0, 0.1) is 6.92 Å². The normalized spacial score (nSPS) is 9.62. The lowest BCUT2D eigenvalue weighted by molar-refractivity contribution is -0.117. The summed E-state index contributed by atoms with van der Waals surface area (Å²) in [6, 6.07) is 1.58. The van der Waals surface area contributed by atoms with E-state index in [0.29, 0.717) is 0 Å². The first kappa shape index (κ1) is 9.24. The van der Waals surface area contributed by atoms with Crippen LogP contribution in [0.2, 0.25) is 0 Å². The molecule has 6 nitrogen and oxygen atoms in total. The van der Waals surface area contributed by atoms with Gasteiger partial charge in [-0.05, 0) is 13.0 Å². The predicted molar refractivity (Wildman–Crippen MR) is 44.9 cm³/mol. The van der Waals surface area contributed by atoms with Gasteiger partial charge in [-0.1, -0.05) is 0 Å². The average Bonchev–Trinajstić information content (AvgIpc) is 2.47. The summed E-state index contributed by atoms with van der Waals surface area (Å²) in [5, 5.41) is 8.63. The number of hydrogen-bond donors (Lipinski definition) is 3. The molecule has 6 heteroatoms. The molecular weight excluding hydrogens is 172 g/mol. The van der Waals surface area contributed by atoms with Crippen molar-refractivity contribution >= 4 is 11.8 Å². The van der Waals surface area contributed by atoms with Crippen LogP contribution in [0.25, 0.3) is 0 Å². The average molecular weight is 182 g/mol. The van der Waals surface area contributed by atoms with Crippen molar-refractivity contribution in [2.75, 3.05) is 6.54 Å². The predicted octanol–water partition coefficient (Wildman–Crippen LogP) is -1.07. The zero-order valence-corrected chi connectivity index (χ0v) is 7.13. The number of H-pyrrole nitrogens is 1. The summed E-state index contributed by atoms with van der Waals surface area (Å²) >= 11 is 0. The van der Waals surface area contributed by atoms with Gasteiger partial charge in [-0.3, -0.25) is 14.7 Å². The number of nitrogens with zero attached hydrogens (tertiary/aromatic N) is 1. The van der Waals surface area contributed by atoms with Crippen molar-refractivity contribution < 1.29 is 9.59 Å². The first-order chi connectivity index (χ1) is 6.09. The van der Waals surface area contributed by atoms with Crippen molar-refractivity contribution in [1.82, 2.24) is 15.5 Å². The summed E-state index contributed by atoms with van der Waals surface area (Å²) in [7, 11) is 0. The highest BCUT2D eigenvalue weighted by molar-refractivity contribution is 5.94. The zero-order valence-electron chi connectivity index (χ0n) is 7.13. The molecule has 0 bridgehead atoms. The standard InChI is InChI=1S/C7H10N4O2/c1-4-2-5(11-10-4)7(13)9-3-6(8)12/h2H,3H2,1H3,(H2,8,12)(H,9,13)(H,10,11). The monoisotopic (exact) mass is 182 g/mol. The maximum atomic E-state index is 11.2. The Kier molecular flexibility index (Phi) is 2.63. The summed E-state index contributed by atoms with van der Waals surface area (Å²) in [5.74, 6) is -0.997. The second kappa shape index (κ2) is 3.70. The Morgan fingerprint density at radius 1 is 1.69 bits per heavy atom. The molecular formula is C7H10N4O2. The number of amides is 2. The van der Waals surface area contributed by atoms with Crippen LogP contribution in [0.3, 0.4) is 0 Å². The molecule has 0 aliphatic rings. The van der Waals surface area contributed by atoms with E-state index < -0.39 is 11.8 Å². The molecule has 0 aliphatic carbocycles. The molecule has 0 aliphatic heterocycles. The van der Waals surface area contributed by atoms with Gasteiger partial charge in [-0.25, -0.2) is 0 Å². The number of aryl methyl sites for hydroxylation is 1. The minimum Gasteiger partial charge on any atom is -0.368 e. The molecule has 0 fully saturated rings. The molecule has 4 N–H and O–H groups in total. The van der Waals surface area contributed by atoms with Crippen LogP contribution < -0.4 is 11.1 Å². The Hall–Kier alpha value is -1.85. The molecule has 1 aromatic rings. The zero-order chi connectivity index (χ0) is 9.84. The topological polar surface area (TPSA) is 101 Å². The first-order valence-electron chi connectivity index (χ1n) is 3.68. The van der Waals surface area contributed by atoms with Crippen LogP contribution in [-0.4, -0.2) is 28.6 Å². The summed E-state index contributed by atoms with van der Waals surface area (Å²) in [6.45, 7) is 1.60. The third-order valence-electron chi connectivity index (χ3n) is 1.36.